The molecule has 10 rings (SSSR count). The number of nitrogens with two attached hydrogens (primary N) is 1. The van der Waals surface area contributed by atoms with Gasteiger partial charge in [-0.3, -0.25) is 33.6 Å². The van der Waals surface area contributed by atoms with Gasteiger partial charge in [-0.25, -0.2) is 14.4 Å². The number of carboxylic acids is 1. The van der Waals surface area contributed by atoms with Crippen molar-refractivity contribution in [2.24, 2.45) is 17.6 Å². The van der Waals surface area contributed by atoms with Crippen LogP contribution in [0.2, 0.25) is 0 Å². The van der Waals surface area contributed by atoms with Crippen molar-refractivity contribution in [3.8, 4) is 22.3 Å². The van der Waals surface area contributed by atoms with Crippen LogP contribution in [0.15, 0.2) is 158 Å². The fourth-order valence-electron chi connectivity index (χ4n) is 13.9. The van der Waals surface area contributed by atoms with Crippen LogP contribution in [0.1, 0.15) is 177 Å². The number of esters is 4. The lowest BCUT2D eigenvalue weighted by Crippen LogP contribution is -2.62. The molecule has 4 atom stereocenters. The molecule has 6 aromatic carbocycles. The lowest BCUT2D eigenvalue weighted by molar-refractivity contribution is -0.161. The summed E-state index contributed by atoms with van der Waals surface area (Å²) in [6, 6.07) is 49.2. The Hall–Kier alpha value is -10.0. The van der Waals surface area contributed by atoms with E-state index in [0.717, 1.165) is 81.3 Å². The molecule has 0 unspecified atom stereocenters. The second-order valence-corrected chi connectivity index (χ2v) is 28.9. The highest BCUT2D eigenvalue weighted by atomic mass is 16.6. The topological polar surface area (TPSA) is 308 Å². The van der Waals surface area contributed by atoms with Gasteiger partial charge < -0.3 is 55.2 Å². The molecule has 2 saturated carbocycles. The Morgan fingerprint density at radius 2 is 0.796 bits per heavy atom. The average Bonchev–Trinajstić information content (AvgIpc) is 1.64. The standard InChI is InChI=1S/C41H48N2O8.C22H23NO4.C19H27NO5/c1-40(2,3)51-36(45)25-28(37(46)49-4)24-35(44)34(23-27-15-7-5-8-16-27)42-38(47)41(21-13-6-14-22-41)43-39(48)50-26-33-31-19-11-9-17-29(31)30-18-10-12-20-32(30)33;24-20(25)22(12-6-1-7-13-22)23-21(26)27-14-19-17-10-4-2-8-15(17)16-9-3-5-11-18(16)19;1-19(2,3)25-17(22)12-14(18(23)24-4)11-16(21)15(20)10-13-8-6-5-7-9-13/h5,7-12,15-20,28,33-34H,6,13-14,21-26H2,1-4H3,(H,42,47)(H,43,48);2-5,8-11,19H,1,6-7,12-14H2,(H,23,26)(H,24,25);5-9,14-15H,10-12,20H2,1-4H3/t28-,34-;;14-,15-/m0.0/s1. The molecule has 2 fully saturated rings. The molecule has 0 radical (unpaired) electrons. The molecule has 0 aliphatic heterocycles. The quantitative estimate of drug-likeness (QED) is 0.0263. The van der Waals surface area contributed by atoms with E-state index in [2.05, 4.69) is 52.3 Å². The number of fused-ring (bicyclic) bond motifs is 6. The van der Waals surface area contributed by atoms with E-state index in [9.17, 15) is 53.1 Å². The Morgan fingerprint density at radius 1 is 0.456 bits per heavy atom. The maximum atomic E-state index is 14.3. The number of hydrogen-bond acceptors (Lipinski definition) is 17. The third-order valence-electron chi connectivity index (χ3n) is 18.9. The van der Waals surface area contributed by atoms with E-state index >= 15 is 0 Å². The van der Waals surface area contributed by atoms with E-state index in [0.29, 0.717) is 44.9 Å². The number of carbonyl (C=O) groups is 10. The second-order valence-electron chi connectivity index (χ2n) is 28.9. The molecule has 21 heteroatoms. The first-order valence-electron chi connectivity index (χ1n) is 35.4. The molecule has 0 bridgehead atoms. The predicted molar refractivity (Wildman–Crippen MR) is 387 cm³/mol. The van der Waals surface area contributed by atoms with Gasteiger partial charge in [0.15, 0.2) is 11.6 Å². The maximum absolute atomic E-state index is 14.3. The number of ether oxygens (including phenoxy) is 6. The Kier molecular flexibility index (Phi) is 27.7. The molecule has 6 N–H and O–H groups in total. The first-order chi connectivity index (χ1) is 49.1. The first-order valence-corrected chi connectivity index (χ1v) is 35.4. The van der Waals surface area contributed by atoms with Crippen molar-refractivity contribution in [2.45, 2.75) is 190 Å². The van der Waals surface area contributed by atoms with Crippen molar-refractivity contribution in [1.29, 1.82) is 0 Å². The molecular formula is C82H98N4O17. The number of benzene rings is 6. The molecule has 0 spiro atoms. The van der Waals surface area contributed by atoms with E-state index in [4.69, 9.17) is 34.2 Å². The number of carbonyl (C=O) groups excluding carboxylic acids is 9. The molecule has 4 aliphatic rings. The van der Waals surface area contributed by atoms with Gasteiger partial charge in [0.1, 0.15) is 35.5 Å². The monoisotopic (exact) mass is 1410 g/mol. The zero-order valence-corrected chi connectivity index (χ0v) is 60.3. The summed E-state index contributed by atoms with van der Waals surface area (Å²) >= 11 is 0. The summed E-state index contributed by atoms with van der Waals surface area (Å²) in [6.45, 7) is 10.6. The minimum atomic E-state index is -1.30. The third-order valence-corrected chi connectivity index (χ3v) is 18.9. The van der Waals surface area contributed by atoms with Crippen molar-refractivity contribution in [3.63, 3.8) is 0 Å². The normalized spacial score (nSPS) is 15.9. The number of carboxylic acid groups (broad SMARTS) is 1. The Balaban J connectivity index is 0.000000217. The molecule has 21 nitrogen and oxygen atoms in total. The molecule has 548 valence electrons. The van der Waals surface area contributed by atoms with Gasteiger partial charge in [-0.2, -0.15) is 0 Å². The molecule has 103 heavy (non-hydrogen) atoms. The van der Waals surface area contributed by atoms with Crippen LogP contribution in [0.3, 0.4) is 0 Å². The van der Waals surface area contributed by atoms with Crippen molar-refractivity contribution >= 4 is 59.5 Å². The number of rotatable bonds is 25. The summed E-state index contributed by atoms with van der Waals surface area (Å²) < 4.78 is 31.6. The van der Waals surface area contributed by atoms with Crippen LogP contribution < -0.4 is 21.7 Å². The number of alkyl carbamates (subject to hydrolysis) is 2. The minimum Gasteiger partial charge on any atom is -0.480 e. The summed E-state index contributed by atoms with van der Waals surface area (Å²) in [5.74, 6) is -6.90. The summed E-state index contributed by atoms with van der Waals surface area (Å²) in [4.78, 5) is 127. The van der Waals surface area contributed by atoms with Gasteiger partial charge in [-0.15, -0.1) is 0 Å². The van der Waals surface area contributed by atoms with Gasteiger partial charge in [0, 0.05) is 24.7 Å². The van der Waals surface area contributed by atoms with Gasteiger partial charge in [0.05, 0.1) is 51.0 Å². The SMILES string of the molecule is COC(=O)[C@H](CC(=O)OC(C)(C)C)CC(=O)[C@@H](N)Cc1ccccc1.COC(=O)[C@H](CC(=O)OC(C)(C)C)CC(=O)[C@H](Cc1ccccc1)NC(=O)C1(NC(=O)OCC2c3ccccc3-c3ccccc32)CCCCC1.O=C(NC1(C(=O)O)CCCCC1)OCC1c2ccccc2-c2ccccc21. The summed E-state index contributed by atoms with van der Waals surface area (Å²) in [5, 5.41) is 18.1. The van der Waals surface area contributed by atoms with E-state index in [-0.39, 0.29) is 62.9 Å². The van der Waals surface area contributed by atoms with Gasteiger partial charge in [0.25, 0.3) is 0 Å². The average molecular weight is 1410 g/mol. The van der Waals surface area contributed by atoms with Gasteiger partial charge in [0.2, 0.25) is 5.91 Å². The zero-order chi connectivity index (χ0) is 74.5. The minimum absolute atomic E-state index is 0.0321. The zero-order valence-electron chi connectivity index (χ0n) is 60.3. The largest absolute Gasteiger partial charge is 0.480 e. The van der Waals surface area contributed by atoms with E-state index in [1.807, 2.05) is 121 Å². The maximum Gasteiger partial charge on any atom is 0.408 e. The molecule has 4 aliphatic carbocycles. The molecule has 0 heterocycles. The molecule has 0 aromatic heterocycles. The van der Waals surface area contributed by atoms with Crippen LogP contribution >= 0.6 is 0 Å². The first kappa shape index (κ1) is 78.7. The van der Waals surface area contributed by atoms with E-state index < -0.39 is 99.9 Å². The number of ketones is 2. The lowest BCUT2D eigenvalue weighted by Gasteiger charge is -2.37. The van der Waals surface area contributed by atoms with E-state index in [1.165, 1.54) is 14.2 Å². The highest BCUT2D eigenvalue weighted by molar-refractivity contribution is 5.97. The molecule has 3 amide bonds. The Morgan fingerprint density at radius 3 is 1.17 bits per heavy atom. The van der Waals surface area contributed by atoms with Crippen molar-refractivity contribution in [3.05, 3.63) is 191 Å². The molecule has 6 aromatic rings. The highest BCUT2D eigenvalue weighted by Crippen LogP contribution is 2.46. The number of hydrogen-bond donors (Lipinski definition) is 5. The number of Topliss-reactive ketones (excluding diaryl/α,β-unsaturated/α-hetero) is 2. The van der Waals surface area contributed by atoms with Crippen molar-refractivity contribution in [2.75, 3.05) is 27.4 Å². The fraction of sp³-hybridized carbons (Fsp3) is 0.439. The Labute approximate surface area is 603 Å². The highest BCUT2D eigenvalue weighted by Gasteiger charge is 2.45. The Bertz CT molecular complexity index is 3850. The summed E-state index contributed by atoms with van der Waals surface area (Å²) in [6.07, 6.45) is 4.65. The number of aliphatic carboxylic acids is 1. The summed E-state index contributed by atoms with van der Waals surface area (Å²) in [5.41, 5.74) is 12.7. The lowest BCUT2D eigenvalue weighted by atomic mass is 9.80. The summed E-state index contributed by atoms with van der Waals surface area (Å²) in [7, 11) is 2.42. The van der Waals surface area contributed by atoms with Gasteiger partial charge in [-0.1, -0.05) is 196 Å². The number of methoxy groups -OCH3 is 2. The van der Waals surface area contributed by atoms with Crippen molar-refractivity contribution in [1.82, 2.24) is 16.0 Å². The fourth-order valence-corrected chi connectivity index (χ4v) is 13.9. The molecule has 0 saturated heterocycles. The number of amides is 3. The van der Waals surface area contributed by atoms with E-state index in [1.54, 1.807) is 41.5 Å². The van der Waals surface area contributed by atoms with Gasteiger partial charge in [-0.05, 0) is 136 Å². The second kappa shape index (κ2) is 36.2. The van der Waals surface area contributed by atoms with Crippen LogP contribution in [0.4, 0.5) is 9.59 Å². The van der Waals surface area contributed by atoms with Gasteiger partial charge >= 0.3 is 42.0 Å². The molecular weight excluding hydrogens is 1310 g/mol. The van der Waals surface area contributed by atoms with Crippen LogP contribution in [-0.4, -0.2) is 126 Å². The third kappa shape index (κ3) is 22.0. The predicted octanol–water partition coefficient (Wildman–Crippen LogP) is 12.8. The van der Waals surface area contributed by atoms with Crippen LogP contribution in [-0.2, 0) is 79.6 Å². The van der Waals surface area contributed by atoms with Crippen LogP contribution in [0.25, 0.3) is 22.3 Å². The van der Waals surface area contributed by atoms with Crippen molar-refractivity contribution < 1.29 is 81.5 Å². The number of nitrogens with one attached hydrogen (secondary N) is 3. The smallest absolute Gasteiger partial charge is 0.408 e. The van der Waals surface area contributed by atoms with Crippen LogP contribution in [0, 0.1) is 11.8 Å². The van der Waals surface area contributed by atoms with Crippen LogP contribution in [0.5, 0.6) is 0 Å².